The fourth-order valence-electron chi connectivity index (χ4n) is 2.33. The fraction of sp³-hybridized carbons (Fsp3) is 0.125. The summed E-state index contributed by atoms with van der Waals surface area (Å²) in [7, 11) is -2.74. The van der Waals surface area contributed by atoms with Gasteiger partial charge in [-0.1, -0.05) is 17.7 Å². The topological polar surface area (TPSA) is 78.3 Å². The zero-order chi connectivity index (χ0) is 16.6. The largest absolute Gasteiger partial charge is 0.464 e. The molecule has 0 aliphatic carbocycles. The predicted molar refractivity (Wildman–Crippen MR) is 84.8 cm³/mol. The molecule has 0 aliphatic heterocycles. The van der Waals surface area contributed by atoms with Crippen LogP contribution in [0.15, 0.2) is 53.6 Å². The van der Waals surface area contributed by atoms with Gasteiger partial charge in [-0.2, -0.15) is 0 Å². The highest BCUT2D eigenvalue weighted by Gasteiger charge is 2.27. The van der Waals surface area contributed by atoms with Crippen LogP contribution in [0.4, 0.5) is 0 Å². The average molecular weight is 330 g/mol. The number of aromatic nitrogens is 2. The first-order valence-electron chi connectivity index (χ1n) is 6.82. The number of pyridine rings is 1. The van der Waals surface area contributed by atoms with Gasteiger partial charge in [0.05, 0.1) is 23.0 Å². The number of benzene rings is 1. The Labute approximate surface area is 133 Å². The standard InChI is InChI=1S/C16H14N2O4S/c1-11-5-7-12(8-6-11)23(20,21)18-14-4-3-9-17-13(14)10-15(18)16(19)22-2/h3-10H,1-2H3. The van der Waals surface area contributed by atoms with Crippen molar-refractivity contribution in [2.75, 3.05) is 7.11 Å². The number of carbonyl (C=O) groups is 1. The molecule has 0 aliphatic rings. The molecule has 0 saturated carbocycles. The first-order chi connectivity index (χ1) is 10.9. The molecule has 0 spiro atoms. The zero-order valence-electron chi connectivity index (χ0n) is 12.6. The van der Waals surface area contributed by atoms with Crippen LogP contribution in [0.3, 0.4) is 0 Å². The Morgan fingerprint density at radius 3 is 2.52 bits per heavy atom. The average Bonchev–Trinajstić information content (AvgIpc) is 2.94. The van der Waals surface area contributed by atoms with E-state index in [0.29, 0.717) is 11.0 Å². The number of methoxy groups -OCH3 is 1. The summed E-state index contributed by atoms with van der Waals surface area (Å²) in [5, 5.41) is 0. The van der Waals surface area contributed by atoms with E-state index in [-0.39, 0.29) is 10.6 Å². The van der Waals surface area contributed by atoms with Crippen molar-refractivity contribution in [3.05, 3.63) is 59.9 Å². The molecule has 7 heteroatoms. The van der Waals surface area contributed by atoms with Gasteiger partial charge in [-0.3, -0.25) is 4.98 Å². The third-order valence-electron chi connectivity index (χ3n) is 3.48. The van der Waals surface area contributed by atoms with Crippen LogP contribution < -0.4 is 0 Å². The second-order valence-electron chi connectivity index (χ2n) is 5.01. The summed E-state index contributed by atoms with van der Waals surface area (Å²) in [4.78, 5) is 16.2. The van der Waals surface area contributed by atoms with E-state index in [2.05, 4.69) is 4.98 Å². The van der Waals surface area contributed by atoms with Gasteiger partial charge >= 0.3 is 5.97 Å². The minimum atomic E-state index is -3.95. The summed E-state index contributed by atoms with van der Waals surface area (Å²) in [6.45, 7) is 1.87. The lowest BCUT2D eigenvalue weighted by Crippen LogP contribution is -2.19. The van der Waals surface area contributed by atoms with Crippen molar-refractivity contribution >= 4 is 27.0 Å². The molecule has 118 valence electrons. The summed E-state index contributed by atoms with van der Waals surface area (Å²) < 4.78 is 31.7. The highest BCUT2D eigenvalue weighted by Crippen LogP contribution is 2.25. The van der Waals surface area contributed by atoms with E-state index in [1.807, 2.05) is 6.92 Å². The van der Waals surface area contributed by atoms with Crippen LogP contribution in [-0.2, 0) is 14.8 Å². The van der Waals surface area contributed by atoms with Crippen LogP contribution in [0, 0.1) is 6.92 Å². The number of fused-ring (bicyclic) bond motifs is 1. The molecule has 0 fully saturated rings. The highest BCUT2D eigenvalue weighted by molar-refractivity contribution is 7.90. The second-order valence-corrected chi connectivity index (χ2v) is 6.80. The Morgan fingerprint density at radius 1 is 1.17 bits per heavy atom. The van der Waals surface area contributed by atoms with Crippen molar-refractivity contribution in [3.63, 3.8) is 0 Å². The predicted octanol–water partition coefficient (Wildman–Crippen LogP) is 2.37. The maximum Gasteiger partial charge on any atom is 0.355 e. The first-order valence-corrected chi connectivity index (χ1v) is 8.26. The van der Waals surface area contributed by atoms with Crippen molar-refractivity contribution in [2.45, 2.75) is 11.8 Å². The van der Waals surface area contributed by atoms with Crippen molar-refractivity contribution in [3.8, 4) is 0 Å². The molecule has 3 rings (SSSR count). The Kier molecular flexibility index (Phi) is 3.65. The molecule has 0 unspecified atom stereocenters. The molecular weight excluding hydrogens is 316 g/mol. The third kappa shape index (κ3) is 2.49. The minimum Gasteiger partial charge on any atom is -0.464 e. The molecule has 0 saturated heterocycles. The van der Waals surface area contributed by atoms with Gasteiger partial charge in [0, 0.05) is 6.20 Å². The lowest BCUT2D eigenvalue weighted by Gasteiger charge is -2.11. The fourth-order valence-corrected chi connectivity index (χ4v) is 3.82. The van der Waals surface area contributed by atoms with Gasteiger partial charge in [-0.05, 0) is 37.3 Å². The number of aryl methyl sites for hydroxylation is 1. The number of rotatable bonds is 3. The molecule has 23 heavy (non-hydrogen) atoms. The number of ether oxygens (including phenoxy) is 1. The molecule has 0 atom stereocenters. The van der Waals surface area contributed by atoms with Crippen LogP contribution in [-0.4, -0.2) is 30.5 Å². The van der Waals surface area contributed by atoms with Crippen molar-refractivity contribution < 1.29 is 17.9 Å². The van der Waals surface area contributed by atoms with Crippen LogP contribution in [0.1, 0.15) is 16.1 Å². The molecule has 2 aromatic heterocycles. The van der Waals surface area contributed by atoms with Gasteiger partial charge in [0.25, 0.3) is 10.0 Å². The first kappa shape index (κ1) is 15.2. The van der Waals surface area contributed by atoms with Gasteiger partial charge in [-0.15, -0.1) is 0 Å². The normalized spacial score (nSPS) is 11.6. The van der Waals surface area contributed by atoms with Crippen LogP contribution in [0.2, 0.25) is 0 Å². The van der Waals surface area contributed by atoms with Crippen molar-refractivity contribution in [1.29, 1.82) is 0 Å². The minimum absolute atomic E-state index is 0.0817. The highest BCUT2D eigenvalue weighted by atomic mass is 32.2. The monoisotopic (exact) mass is 330 g/mol. The SMILES string of the molecule is COC(=O)c1cc2ncccc2n1S(=O)(=O)c1ccc(C)cc1. The van der Waals surface area contributed by atoms with E-state index in [4.69, 9.17) is 4.74 Å². The van der Waals surface area contributed by atoms with Crippen molar-refractivity contribution in [2.24, 2.45) is 0 Å². The van der Waals surface area contributed by atoms with Gasteiger partial charge in [0.15, 0.2) is 0 Å². The molecule has 3 aromatic rings. The van der Waals surface area contributed by atoms with E-state index < -0.39 is 16.0 Å². The molecule has 1 aromatic carbocycles. The van der Waals surface area contributed by atoms with Crippen LogP contribution >= 0.6 is 0 Å². The van der Waals surface area contributed by atoms with Gasteiger partial charge in [-0.25, -0.2) is 17.2 Å². The lowest BCUT2D eigenvalue weighted by molar-refractivity contribution is 0.0593. The summed E-state index contributed by atoms with van der Waals surface area (Å²) in [6.07, 6.45) is 1.53. The van der Waals surface area contributed by atoms with E-state index >= 15 is 0 Å². The molecule has 0 radical (unpaired) electrons. The molecule has 6 nitrogen and oxygen atoms in total. The lowest BCUT2D eigenvalue weighted by atomic mass is 10.2. The Morgan fingerprint density at radius 2 is 1.87 bits per heavy atom. The third-order valence-corrected chi connectivity index (χ3v) is 5.22. The van der Waals surface area contributed by atoms with Crippen LogP contribution in [0.25, 0.3) is 11.0 Å². The number of esters is 1. The van der Waals surface area contributed by atoms with E-state index in [0.717, 1.165) is 9.54 Å². The Balaban J connectivity index is 2.33. The van der Waals surface area contributed by atoms with Gasteiger partial charge in [0.1, 0.15) is 5.69 Å². The van der Waals surface area contributed by atoms with Crippen LogP contribution in [0.5, 0.6) is 0 Å². The Hall–Kier alpha value is -2.67. The number of hydrogen-bond acceptors (Lipinski definition) is 5. The maximum atomic E-state index is 13.0. The molecule has 0 amide bonds. The number of carbonyl (C=O) groups excluding carboxylic acids is 1. The summed E-state index contributed by atoms with van der Waals surface area (Å²) in [5.41, 5.74) is 1.59. The van der Waals surface area contributed by atoms with Gasteiger partial charge < -0.3 is 4.74 Å². The molecule has 2 heterocycles. The number of nitrogens with zero attached hydrogens (tertiary/aromatic N) is 2. The van der Waals surface area contributed by atoms with Crippen molar-refractivity contribution in [1.82, 2.24) is 8.96 Å². The quantitative estimate of drug-likeness (QED) is 0.689. The zero-order valence-corrected chi connectivity index (χ0v) is 13.4. The van der Waals surface area contributed by atoms with E-state index in [9.17, 15) is 13.2 Å². The molecule has 0 bridgehead atoms. The second kappa shape index (κ2) is 5.51. The summed E-state index contributed by atoms with van der Waals surface area (Å²) in [6, 6.07) is 11.0. The van der Waals surface area contributed by atoms with E-state index in [1.165, 1.54) is 31.5 Å². The molecule has 0 N–H and O–H groups in total. The molecular formula is C16H14N2O4S. The summed E-state index contributed by atoms with van der Waals surface area (Å²) >= 11 is 0. The number of hydrogen-bond donors (Lipinski definition) is 0. The smallest absolute Gasteiger partial charge is 0.355 e. The summed E-state index contributed by atoms with van der Waals surface area (Å²) in [5.74, 6) is -0.737. The van der Waals surface area contributed by atoms with Gasteiger partial charge in [0.2, 0.25) is 0 Å². The Bertz CT molecular complexity index is 989. The van der Waals surface area contributed by atoms with E-state index in [1.54, 1.807) is 24.3 Å². The maximum absolute atomic E-state index is 13.0.